The lowest BCUT2D eigenvalue weighted by atomic mass is 10.00. The number of likely N-dealkylation sites (N-methyl/N-ethyl adjacent to an activating group) is 1. The molecule has 1 N–H and O–H groups in total. The van der Waals surface area contributed by atoms with Crippen LogP contribution in [0.5, 0.6) is 0 Å². The zero-order valence-corrected chi connectivity index (χ0v) is 12.8. The van der Waals surface area contributed by atoms with E-state index in [1.54, 1.807) is 0 Å². The molecular formula is C13H23NO5S. The molecule has 1 heterocycles. The van der Waals surface area contributed by atoms with Gasteiger partial charge in [-0.25, -0.2) is 8.42 Å². The zero-order valence-electron chi connectivity index (χ0n) is 12.0. The first-order valence-electron chi connectivity index (χ1n) is 7.11. The maximum atomic E-state index is 11.9. The van der Waals surface area contributed by atoms with Crippen molar-refractivity contribution in [2.24, 2.45) is 5.92 Å². The second-order valence-electron chi connectivity index (χ2n) is 5.75. The normalized spacial score (nSPS) is 34.8. The van der Waals surface area contributed by atoms with E-state index in [-0.39, 0.29) is 23.9 Å². The standard InChI is InChI=1S/C13H23NO5S/c1-3-14(11-8-19-7-9(11)13(15)16)10-5-4-6-12(10)20(2,17)18/h9-12H,3-8H2,1-2H3,(H,15,16). The maximum Gasteiger partial charge on any atom is 0.310 e. The minimum Gasteiger partial charge on any atom is -0.481 e. The van der Waals surface area contributed by atoms with Crippen LogP contribution in [0.2, 0.25) is 0 Å². The molecule has 2 rings (SSSR count). The van der Waals surface area contributed by atoms with Crippen LogP contribution >= 0.6 is 0 Å². The highest BCUT2D eigenvalue weighted by Crippen LogP contribution is 2.33. The number of nitrogens with zero attached hydrogens (tertiary/aromatic N) is 1. The predicted octanol–water partition coefficient (Wildman–Crippen LogP) is 0.374. The maximum absolute atomic E-state index is 11.9. The molecule has 1 saturated carbocycles. The number of carboxylic acids is 1. The Bertz CT molecular complexity index is 463. The average Bonchev–Trinajstić information content (AvgIpc) is 2.97. The van der Waals surface area contributed by atoms with Gasteiger partial charge in [-0.3, -0.25) is 9.69 Å². The molecule has 116 valence electrons. The van der Waals surface area contributed by atoms with Crippen molar-refractivity contribution in [1.82, 2.24) is 4.90 Å². The van der Waals surface area contributed by atoms with Gasteiger partial charge >= 0.3 is 5.97 Å². The fourth-order valence-electron chi connectivity index (χ4n) is 3.61. The third-order valence-electron chi connectivity index (χ3n) is 4.55. The van der Waals surface area contributed by atoms with Crippen molar-refractivity contribution in [3.63, 3.8) is 0 Å². The van der Waals surface area contributed by atoms with E-state index in [4.69, 9.17) is 4.74 Å². The minimum atomic E-state index is -3.10. The molecule has 1 saturated heterocycles. The van der Waals surface area contributed by atoms with Gasteiger partial charge in [0.2, 0.25) is 0 Å². The van der Waals surface area contributed by atoms with Crippen molar-refractivity contribution in [3.05, 3.63) is 0 Å². The fourth-order valence-corrected chi connectivity index (χ4v) is 5.06. The van der Waals surface area contributed by atoms with Gasteiger partial charge in [-0.1, -0.05) is 13.3 Å². The summed E-state index contributed by atoms with van der Waals surface area (Å²) in [6.45, 7) is 3.19. The summed E-state index contributed by atoms with van der Waals surface area (Å²) in [6, 6.07) is -0.298. The molecule has 6 nitrogen and oxygen atoms in total. The van der Waals surface area contributed by atoms with Gasteiger partial charge in [-0.05, 0) is 19.4 Å². The van der Waals surface area contributed by atoms with Crippen LogP contribution in [-0.4, -0.2) is 67.7 Å². The minimum absolute atomic E-state index is 0.0800. The Balaban J connectivity index is 2.21. The largest absolute Gasteiger partial charge is 0.481 e. The lowest BCUT2D eigenvalue weighted by Gasteiger charge is -2.37. The van der Waals surface area contributed by atoms with Crippen molar-refractivity contribution < 1.29 is 23.1 Å². The summed E-state index contributed by atoms with van der Waals surface area (Å²) in [5.74, 6) is -1.42. The summed E-state index contributed by atoms with van der Waals surface area (Å²) in [7, 11) is -3.10. The number of aliphatic carboxylic acids is 1. The van der Waals surface area contributed by atoms with E-state index in [1.807, 2.05) is 11.8 Å². The third-order valence-corrected chi connectivity index (χ3v) is 6.20. The van der Waals surface area contributed by atoms with Crippen LogP contribution in [0.25, 0.3) is 0 Å². The van der Waals surface area contributed by atoms with Gasteiger partial charge in [0.1, 0.15) is 0 Å². The first-order chi connectivity index (χ1) is 9.36. The van der Waals surface area contributed by atoms with Gasteiger partial charge in [0.15, 0.2) is 9.84 Å². The van der Waals surface area contributed by atoms with Crippen molar-refractivity contribution in [3.8, 4) is 0 Å². The van der Waals surface area contributed by atoms with E-state index >= 15 is 0 Å². The second-order valence-corrected chi connectivity index (χ2v) is 8.01. The first-order valence-corrected chi connectivity index (χ1v) is 9.07. The van der Waals surface area contributed by atoms with Crippen LogP contribution < -0.4 is 0 Å². The third kappa shape index (κ3) is 2.99. The van der Waals surface area contributed by atoms with Gasteiger partial charge in [0.05, 0.1) is 24.4 Å². The summed E-state index contributed by atoms with van der Waals surface area (Å²) in [5, 5.41) is 8.89. The second kappa shape index (κ2) is 5.99. The molecule has 4 atom stereocenters. The molecule has 0 bridgehead atoms. The van der Waals surface area contributed by atoms with Crippen LogP contribution in [0, 0.1) is 5.92 Å². The SMILES string of the molecule is CCN(C1COCC1C(=O)O)C1CCCC1S(C)(=O)=O. The quantitative estimate of drug-likeness (QED) is 0.790. The summed E-state index contributed by atoms with van der Waals surface area (Å²) >= 11 is 0. The van der Waals surface area contributed by atoms with Crippen LogP contribution in [0.4, 0.5) is 0 Å². The number of rotatable bonds is 5. The molecular weight excluding hydrogens is 282 g/mol. The predicted molar refractivity (Wildman–Crippen MR) is 74.4 cm³/mol. The molecule has 0 amide bonds. The van der Waals surface area contributed by atoms with Crippen molar-refractivity contribution in [2.75, 3.05) is 26.0 Å². The van der Waals surface area contributed by atoms with Gasteiger partial charge in [-0.2, -0.15) is 0 Å². The molecule has 0 aromatic rings. The lowest BCUT2D eigenvalue weighted by molar-refractivity contribution is -0.143. The van der Waals surface area contributed by atoms with E-state index in [9.17, 15) is 18.3 Å². The fraction of sp³-hybridized carbons (Fsp3) is 0.923. The molecule has 0 aromatic heterocycles. The van der Waals surface area contributed by atoms with E-state index < -0.39 is 21.7 Å². The van der Waals surface area contributed by atoms with E-state index in [0.717, 1.165) is 12.8 Å². The van der Waals surface area contributed by atoms with E-state index in [0.29, 0.717) is 19.6 Å². The number of hydrogen-bond acceptors (Lipinski definition) is 5. The highest BCUT2D eigenvalue weighted by molar-refractivity contribution is 7.91. The Morgan fingerprint density at radius 2 is 2.00 bits per heavy atom. The van der Waals surface area contributed by atoms with E-state index in [2.05, 4.69) is 0 Å². The van der Waals surface area contributed by atoms with Crippen LogP contribution in [0.1, 0.15) is 26.2 Å². The van der Waals surface area contributed by atoms with Gasteiger partial charge < -0.3 is 9.84 Å². The lowest BCUT2D eigenvalue weighted by Crippen LogP contribution is -2.52. The van der Waals surface area contributed by atoms with Crippen molar-refractivity contribution in [1.29, 1.82) is 0 Å². The molecule has 1 aliphatic carbocycles. The summed E-state index contributed by atoms with van der Waals surface area (Å²) < 4.78 is 29.2. The summed E-state index contributed by atoms with van der Waals surface area (Å²) in [6.07, 6.45) is 3.65. The number of ether oxygens (including phenoxy) is 1. The Morgan fingerprint density at radius 3 is 2.55 bits per heavy atom. The highest BCUT2D eigenvalue weighted by Gasteiger charge is 2.45. The number of carboxylic acid groups (broad SMARTS) is 1. The molecule has 0 radical (unpaired) electrons. The van der Waals surface area contributed by atoms with Crippen LogP contribution in [-0.2, 0) is 19.4 Å². The molecule has 1 aliphatic heterocycles. The summed E-state index contributed by atoms with van der Waals surface area (Å²) in [5.41, 5.74) is 0. The Morgan fingerprint density at radius 1 is 1.30 bits per heavy atom. The van der Waals surface area contributed by atoms with Crippen molar-refractivity contribution in [2.45, 2.75) is 43.5 Å². The summed E-state index contributed by atoms with van der Waals surface area (Å²) in [4.78, 5) is 13.3. The van der Waals surface area contributed by atoms with Gasteiger partial charge in [0.25, 0.3) is 0 Å². The van der Waals surface area contributed by atoms with Crippen molar-refractivity contribution >= 4 is 15.8 Å². The molecule has 20 heavy (non-hydrogen) atoms. The Kier molecular flexibility index (Phi) is 4.71. The molecule has 0 spiro atoms. The first kappa shape index (κ1) is 15.7. The number of carbonyl (C=O) groups is 1. The molecule has 2 aliphatic rings. The Hall–Kier alpha value is -0.660. The molecule has 4 unspecified atom stereocenters. The average molecular weight is 305 g/mol. The molecule has 2 fully saturated rings. The zero-order chi connectivity index (χ0) is 14.9. The van der Waals surface area contributed by atoms with Crippen LogP contribution in [0.3, 0.4) is 0 Å². The monoisotopic (exact) mass is 305 g/mol. The van der Waals surface area contributed by atoms with Crippen LogP contribution in [0.15, 0.2) is 0 Å². The smallest absolute Gasteiger partial charge is 0.310 e. The Labute approximate surface area is 120 Å². The molecule has 0 aromatic carbocycles. The molecule has 7 heteroatoms. The number of sulfone groups is 1. The topological polar surface area (TPSA) is 83.9 Å². The number of hydrogen-bond donors (Lipinski definition) is 1. The van der Waals surface area contributed by atoms with E-state index in [1.165, 1.54) is 6.26 Å². The highest BCUT2D eigenvalue weighted by atomic mass is 32.2. The van der Waals surface area contributed by atoms with Gasteiger partial charge in [-0.15, -0.1) is 0 Å². The van der Waals surface area contributed by atoms with Gasteiger partial charge in [0, 0.05) is 18.3 Å².